The van der Waals surface area contributed by atoms with E-state index in [1.54, 1.807) is 6.20 Å². The lowest BCUT2D eigenvalue weighted by Gasteiger charge is -2.06. The summed E-state index contributed by atoms with van der Waals surface area (Å²) in [6.07, 6.45) is 4.78. The number of rotatable bonds is 0. The molecule has 2 heterocycles. The second-order valence-corrected chi connectivity index (χ2v) is 3.25. The molecule has 0 N–H and O–H groups in total. The second-order valence-electron chi connectivity index (χ2n) is 2.23. The molecular formula is C7H6BrNO. The smallest absolute Gasteiger partial charge is 0.216 e. The van der Waals surface area contributed by atoms with Crippen molar-refractivity contribution in [2.75, 3.05) is 6.61 Å². The van der Waals surface area contributed by atoms with Gasteiger partial charge < -0.3 is 4.74 Å². The van der Waals surface area contributed by atoms with Crippen molar-refractivity contribution in [2.45, 2.75) is 6.42 Å². The van der Waals surface area contributed by atoms with Crippen LogP contribution in [0.1, 0.15) is 6.42 Å². The summed E-state index contributed by atoms with van der Waals surface area (Å²) in [5.41, 5.74) is 1.20. The van der Waals surface area contributed by atoms with E-state index in [4.69, 9.17) is 4.74 Å². The molecule has 2 rings (SSSR count). The van der Waals surface area contributed by atoms with Gasteiger partial charge in [-0.1, -0.05) is 15.9 Å². The van der Waals surface area contributed by atoms with E-state index in [0.717, 1.165) is 16.8 Å². The summed E-state index contributed by atoms with van der Waals surface area (Å²) in [7, 11) is 0. The molecule has 2 aliphatic rings. The molecule has 0 spiro atoms. The molecule has 10 heavy (non-hydrogen) atoms. The maximum Gasteiger partial charge on any atom is 0.216 e. The van der Waals surface area contributed by atoms with Gasteiger partial charge in [0.2, 0.25) is 5.90 Å². The zero-order valence-electron chi connectivity index (χ0n) is 5.30. The topological polar surface area (TPSA) is 21.6 Å². The molecule has 0 aromatic rings. The molecule has 0 saturated carbocycles. The molecule has 2 aliphatic heterocycles. The fraction of sp³-hybridized carbons (Fsp3) is 0.286. The fourth-order valence-corrected chi connectivity index (χ4v) is 1.43. The van der Waals surface area contributed by atoms with Gasteiger partial charge in [-0.25, -0.2) is 4.99 Å². The Kier molecular flexibility index (Phi) is 1.38. The van der Waals surface area contributed by atoms with E-state index in [-0.39, 0.29) is 0 Å². The molecule has 0 saturated heterocycles. The average Bonchev–Trinajstić information content (AvgIpc) is 2.33. The quantitative estimate of drug-likeness (QED) is 0.585. The minimum Gasteiger partial charge on any atom is -0.473 e. The monoisotopic (exact) mass is 199 g/mol. The van der Waals surface area contributed by atoms with Crippen LogP contribution in [-0.2, 0) is 4.74 Å². The highest BCUT2D eigenvalue weighted by molar-refractivity contribution is 9.11. The lowest BCUT2D eigenvalue weighted by atomic mass is 10.1. The molecule has 0 fully saturated rings. The van der Waals surface area contributed by atoms with Gasteiger partial charge in [0, 0.05) is 22.7 Å². The molecule has 2 nitrogen and oxygen atoms in total. The largest absolute Gasteiger partial charge is 0.473 e. The van der Waals surface area contributed by atoms with Gasteiger partial charge in [-0.05, 0) is 6.08 Å². The van der Waals surface area contributed by atoms with Gasteiger partial charge in [-0.3, -0.25) is 0 Å². The molecule has 0 aliphatic carbocycles. The lowest BCUT2D eigenvalue weighted by Crippen LogP contribution is -2.03. The summed E-state index contributed by atoms with van der Waals surface area (Å²) in [6.45, 7) is 0.683. The van der Waals surface area contributed by atoms with Crippen molar-refractivity contribution in [3.05, 3.63) is 22.3 Å². The number of fused-ring (bicyclic) bond motifs is 1. The number of aliphatic imine (C=N–C) groups is 1. The Morgan fingerprint density at radius 3 is 3.40 bits per heavy atom. The highest BCUT2D eigenvalue weighted by atomic mass is 79.9. The van der Waals surface area contributed by atoms with E-state index < -0.39 is 0 Å². The molecular weight excluding hydrogens is 194 g/mol. The minimum atomic E-state index is 0.683. The van der Waals surface area contributed by atoms with Crippen molar-refractivity contribution < 1.29 is 4.74 Å². The molecule has 0 unspecified atom stereocenters. The molecule has 0 aromatic carbocycles. The number of nitrogens with zero attached hydrogens (tertiary/aromatic N) is 1. The van der Waals surface area contributed by atoms with Gasteiger partial charge in [0.15, 0.2) is 0 Å². The van der Waals surface area contributed by atoms with Crippen molar-refractivity contribution in [1.82, 2.24) is 0 Å². The zero-order valence-corrected chi connectivity index (χ0v) is 6.89. The minimum absolute atomic E-state index is 0.683. The molecule has 0 bridgehead atoms. The van der Waals surface area contributed by atoms with Crippen LogP contribution < -0.4 is 0 Å². The molecule has 0 radical (unpaired) electrons. The second kappa shape index (κ2) is 2.23. The van der Waals surface area contributed by atoms with Crippen molar-refractivity contribution in [1.29, 1.82) is 0 Å². The van der Waals surface area contributed by atoms with Gasteiger partial charge >= 0.3 is 0 Å². The van der Waals surface area contributed by atoms with Crippen LogP contribution >= 0.6 is 15.9 Å². The molecule has 0 atom stereocenters. The van der Waals surface area contributed by atoms with Crippen LogP contribution in [0.5, 0.6) is 0 Å². The molecule has 0 aromatic heterocycles. The van der Waals surface area contributed by atoms with Gasteiger partial charge in [-0.15, -0.1) is 0 Å². The Hall–Kier alpha value is -0.570. The zero-order chi connectivity index (χ0) is 6.97. The van der Waals surface area contributed by atoms with E-state index in [9.17, 15) is 0 Å². The van der Waals surface area contributed by atoms with Gasteiger partial charge in [0.1, 0.15) is 6.61 Å². The maximum absolute atomic E-state index is 5.20. The maximum atomic E-state index is 5.20. The van der Waals surface area contributed by atoms with Crippen LogP contribution in [-0.4, -0.2) is 12.5 Å². The number of hydrogen-bond donors (Lipinski definition) is 0. The Labute approximate surface area is 67.4 Å². The number of halogens is 1. The Morgan fingerprint density at radius 1 is 1.60 bits per heavy atom. The van der Waals surface area contributed by atoms with Crippen LogP contribution in [0, 0.1) is 0 Å². The first-order valence-electron chi connectivity index (χ1n) is 3.11. The van der Waals surface area contributed by atoms with Crippen LogP contribution in [0.15, 0.2) is 27.3 Å². The third-order valence-corrected chi connectivity index (χ3v) is 1.99. The van der Waals surface area contributed by atoms with Gasteiger partial charge in [0.05, 0.1) is 0 Å². The summed E-state index contributed by atoms with van der Waals surface area (Å²) in [6, 6.07) is 0. The molecule has 0 amide bonds. The van der Waals surface area contributed by atoms with Crippen molar-refractivity contribution >= 4 is 21.8 Å². The van der Waals surface area contributed by atoms with E-state index in [2.05, 4.69) is 27.0 Å². The summed E-state index contributed by atoms with van der Waals surface area (Å²) >= 11 is 3.38. The van der Waals surface area contributed by atoms with E-state index in [1.165, 1.54) is 5.57 Å². The standard InChI is InChI=1S/C7H6BrNO/c8-6-3-5-1-2-10-7(5)9-4-6/h1,4H,2-3H2. The molecule has 3 heteroatoms. The van der Waals surface area contributed by atoms with Crippen molar-refractivity contribution in [3.8, 4) is 0 Å². The Balaban J connectivity index is 2.35. The highest BCUT2D eigenvalue weighted by Gasteiger charge is 2.17. The van der Waals surface area contributed by atoms with E-state index in [1.807, 2.05) is 0 Å². The van der Waals surface area contributed by atoms with E-state index in [0.29, 0.717) is 6.61 Å². The first-order chi connectivity index (χ1) is 4.86. The lowest BCUT2D eigenvalue weighted by molar-refractivity contribution is 0.365. The van der Waals surface area contributed by atoms with Gasteiger partial charge in [0.25, 0.3) is 0 Å². The first kappa shape index (κ1) is 6.16. The summed E-state index contributed by atoms with van der Waals surface area (Å²) in [4.78, 5) is 4.09. The number of ether oxygens (including phenoxy) is 1. The third-order valence-electron chi connectivity index (χ3n) is 1.51. The fourth-order valence-electron chi connectivity index (χ4n) is 1.03. The van der Waals surface area contributed by atoms with Crippen LogP contribution in [0.3, 0.4) is 0 Å². The summed E-state index contributed by atoms with van der Waals surface area (Å²) < 4.78 is 6.32. The van der Waals surface area contributed by atoms with Crippen LogP contribution in [0.2, 0.25) is 0 Å². The van der Waals surface area contributed by atoms with Crippen LogP contribution in [0.25, 0.3) is 0 Å². The Morgan fingerprint density at radius 2 is 2.50 bits per heavy atom. The Bertz CT molecular complexity index is 252. The highest BCUT2D eigenvalue weighted by Crippen LogP contribution is 2.25. The van der Waals surface area contributed by atoms with Crippen LogP contribution in [0.4, 0.5) is 0 Å². The predicted octanol–water partition coefficient (Wildman–Crippen LogP) is 1.98. The number of hydrogen-bond acceptors (Lipinski definition) is 2. The normalized spacial score (nSPS) is 22.3. The summed E-state index contributed by atoms with van der Waals surface area (Å²) in [5.74, 6) is 0.795. The van der Waals surface area contributed by atoms with Crippen molar-refractivity contribution in [3.63, 3.8) is 0 Å². The predicted molar refractivity (Wildman–Crippen MR) is 43.1 cm³/mol. The van der Waals surface area contributed by atoms with E-state index >= 15 is 0 Å². The SMILES string of the molecule is BrC1=CN=C2OCC=C2C1. The van der Waals surface area contributed by atoms with Gasteiger partial charge in [-0.2, -0.15) is 0 Å². The number of allylic oxidation sites excluding steroid dienone is 1. The first-order valence-corrected chi connectivity index (χ1v) is 3.90. The molecule has 52 valence electrons. The average molecular weight is 200 g/mol. The van der Waals surface area contributed by atoms with Crippen molar-refractivity contribution in [2.24, 2.45) is 4.99 Å². The summed E-state index contributed by atoms with van der Waals surface area (Å²) in [5, 5.41) is 0. The third kappa shape index (κ3) is 0.904.